The number of hydrogen-bond acceptors (Lipinski definition) is 6. The van der Waals surface area contributed by atoms with Crippen molar-refractivity contribution >= 4 is 27.9 Å². The quantitative estimate of drug-likeness (QED) is 0.301. The van der Waals surface area contributed by atoms with Crippen LogP contribution in [0.15, 0.2) is 83.3 Å². The molecule has 0 amide bonds. The summed E-state index contributed by atoms with van der Waals surface area (Å²) in [6.45, 7) is 0.360. The molecule has 0 bridgehead atoms. The molecule has 0 spiro atoms. The summed E-state index contributed by atoms with van der Waals surface area (Å²) in [5.41, 5.74) is 2.44. The molecule has 0 aliphatic heterocycles. The molecule has 0 aliphatic carbocycles. The number of aromatic nitrogens is 2. The number of benzene rings is 3. The molecule has 34 heavy (non-hydrogen) atoms. The molecule has 1 aromatic heterocycles. The Morgan fingerprint density at radius 3 is 2.18 bits per heavy atom. The van der Waals surface area contributed by atoms with Crippen molar-refractivity contribution in [2.24, 2.45) is 0 Å². The van der Waals surface area contributed by atoms with Crippen LogP contribution in [0.3, 0.4) is 0 Å². The second-order valence-electron chi connectivity index (χ2n) is 7.22. The number of hydrogen-bond donors (Lipinski definition) is 0. The summed E-state index contributed by atoms with van der Waals surface area (Å²) in [4.78, 5) is 25.6. The van der Waals surface area contributed by atoms with E-state index in [-0.39, 0.29) is 17.0 Å². The summed E-state index contributed by atoms with van der Waals surface area (Å²) < 4.78 is 18.1. The Morgan fingerprint density at radius 1 is 0.882 bits per heavy atom. The van der Waals surface area contributed by atoms with Crippen LogP contribution in [0.5, 0.6) is 5.75 Å². The van der Waals surface area contributed by atoms with Gasteiger partial charge in [0.25, 0.3) is 0 Å². The Morgan fingerprint density at radius 2 is 1.53 bits per heavy atom. The highest BCUT2D eigenvalue weighted by Gasteiger charge is 2.31. The van der Waals surface area contributed by atoms with E-state index in [0.717, 1.165) is 10.0 Å². The predicted molar refractivity (Wildman–Crippen MR) is 130 cm³/mol. The third-order valence-corrected chi connectivity index (χ3v) is 5.75. The molecule has 0 fully saturated rings. The van der Waals surface area contributed by atoms with Gasteiger partial charge in [-0.1, -0.05) is 54.6 Å². The zero-order valence-corrected chi connectivity index (χ0v) is 20.1. The highest BCUT2D eigenvalue weighted by Crippen LogP contribution is 2.34. The fraction of sp³-hybridized carbons (Fsp3) is 0.115. The SMILES string of the molecule is COC(=O)c1c(-c2ccc(Br)c(OCc3ccccc3)c2)nn(-c2ccccc2)c1C(=O)OC. The fourth-order valence-corrected chi connectivity index (χ4v) is 3.81. The lowest BCUT2D eigenvalue weighted by Gasteiger charge is -2.10. The monoisotopic (exact) mass is 520 g/mol. The Labute approximate surface area is 205 Å². The summed E-state index contributed by atoms with van der Waals surface area (Å²) >= 11 is 3.51. The van der Waals surface area contributed by atoms with Crippen LogP contribution in [0.25, 0.3) is 16.9 Å². The van der Waals surface area contributed by atoms with Crippen molar-refractivity contribution in [2.45, 2.75) is 6.61 Å². The number of para-hydroxylation sites is 1. The number of carbonyl (C=O) groups excluding carboxylic acids is 2. The third kappa shape index (κ3) is 4.72. The standard InChI is InChI=1S/C26H21BrN2O5/c1-32-25(30)22-23(28-29(24(22)26(31)33-2)19-11-7-4-8-12-19)18-13-14-20(27)21(15-18)34-16-17-9-5-3-6-10-17/h3-15H,16H2,1-2H3. The molecule has 0 saturated heterocycles. The predicted octanol–water partition coefficient (Wildman–Crippen LogP) is 5.45. The molecule has 4 rings (SSSR count). The van der Waals surface area contributed by atoms with E-state index in [1.54, 1.807) is 30.3 Å². The van der Waals surface area contributed by atoms with E-state index in [4.69, 9.17) is 14.2 Å². The molecule has 0 unspecified atom stereocenters. The van der Waals surface area contributed by atoms with Crippen LogP contribution in [-0.4, -0.2) is 35.9 Å². The molecule has 0 radical (unpaired) electrons. The number of esters is 2. The Bertz CT molecular complexity index is 1320. The second kappa shape index (κ2) is 10.4. The van der Waals surface area contributed by atoms with Crippen molar-refractivity contribution in [1.29, 1.82) is 0 Å². The van der Waals surface area contributed by atoms with Crippen LogP contribution in [-0.2, 0) is 16.1 Å². The zero-order chi connectivity index (χ0) is 24.1. The number of nitrogens with zero attached hydrogens (tertiary/aromatic N) is 2. The number of ether oxygens (including phenoxy) is 3. The van der Waals surface area contributed by atoms with Crippen LogP contribution in [0.1, 0.15) is 26.4 Å². The van der Waals surface area contributed by atoms with Gasteiger partial charge >= 0.3 is 11.9 Å². The smallest absolute Gasteiger partial charge is 0.357 e. The Balaban J connectivity index is 1.84. The summed E-state index contributed by atoms with van der Waals surface area (Å²) in [5, 5.41) is 4.62. The summed E-state index contributed by atoms with van der Waals surface area (Å²) in [6, 6.07) is 24.1. The first kappa shape index (κ1) is 23.3. The van der Waals surface area contributed by atoms with E-state index >= 15 is 0 Å². The van der Waals surface area contributed by atoms with Crippen molar-refractivity contribution < 1.29 is 23.8 Å². The molecule has 0 N–H and O–H groups in total. The highest BCUT2D eigenvalue weighted by molar-refractivity contribution is 9.10. The lowest BCUT2D eigenvalue weighted by molar-refractivity contribution is 0.0549. The van der Waals surface area contributed by atoms with Crippen molar-refractivity contribution in [1.82, 2.24) is 9.78 Å². The average molecular weight is 521 g/mol. The largest absolute Gasteiger partial charge is 0.488 e. The number of halogens is 1. The van der Waals surface area contributed by atoms with Gasteiger partial charge in [0.05, 0.1) is 24.4 Å². The van der Waals surface area contributed by atoms with Gasteiger partial charge in [-0.15, -0.1) is 0 Å². The van der Waals surface area contributed by atoms with E-state index < -0.39 is 11.9 Å². The van der Waals surface area contributed by atoms with Crippen molar-refractivity contribution in [2.75, 3.05) is 14.2 Å². The van der Waals surface area contributed by atoms with Crippen LogP contribution in [0, 0.1) is 0 Å². The van der Waals surface area contributed by atoms with E-state index in [1.807, 2.05) is 48.5 Å². The lowest BCUT2D eigenvalue weighted by atomic mass is 10.1. The van der Waals surface area contributed by atoms with Gasteiger partial charge in [-0.2, -0.15) is 5.10 Å². The minimum absolute atomic E-state index is 0.00883. The van der Waals surface area contributed by atoms with Gasteiger partial charge in [0.15, 0.2) is 5.69 Å². The maximum atomic E-state index is 12.8. The number of methoxy groups -OCH3 is 2. The number of rotatable bonds is 7. The summed E-state index contributed by atoms with van der Waals surface area (Å²) in [6.07, 6.45) is 0. The first-order chi connectivity index (χ1) is 16.5. The van der Waals surface area contributed by atoms with E-state index in [0.29, 0.717) is 23.6 Å². The van der Waals surface area contributed by atoms with Crippen LogP contribution < -0.4 is 4.74 Å². The Hall–Kier alpha value is -3.91. The van der Waals surface area contributed by atoms with Crippen molar-refractivity contribution in [3.63, 3.8) is 0 Å². The number of carbonyl (C=O) groups is 2. The van der Waals surface area contributed by atoms with Crippen LogP contribution >= 0.6 is 15.9 Å². The molecule has 172 valence electrons. The van der Waals surface area contributed by atoms with Gasteiger partial charge in [0, 0.05) is 5.56 Å². The van der Waals surface area contributed by atoms with Gasteiger partial charge in [0.1, 0.15) is 23.6 Å². The molecule has 3 aromatic carbocycles. The van der Waals surface area contributed by atoms with E-state index in [1.165, 1.54) is 18.9 Å². The summed E-state index contributed by atoms with van der Waals surface area (Å²) in [5.74, 6) is -0.848. The molecule has 0 atom stereocenters. The summed E-state index contributed by atoms with van der Waals surface area (Å²) in [7, 11) is 2.50. The molecule has 0 saturated carbocycles. The van der Waals surface area contributed by atoms with E-state index in [9.17, 15) is 9.59 Å². The Kier molecular flexibility index (Phi) is 7.08. The average Bonchev–Trinajstić information content (AvgIpc) is 3.29. The molecule has 4 aromatic rings. The second-order valence-corrected chi connectivity index (χ2v) is 8.08. The van der Waals surface area contributed by atoms with Crippen molar-refractivity contribution in [3.8, 4) is 22.7 Å². The first-order valence-corrected chi connectivity index (χ1v) is 11.1. The zero-order valence-electron chi connectivity index (χ0n) is 18.5. The lowest BCUT2D eigenvalue weighted by Crippen LogP contribution is -2.15. The maximum Gasteiger partial charge on any atom is 0.357 e. The maximum absolute atomic E-state index is 12.8. The minimum atomic E-state index is -0.708. The first-order valence-electron chi connectivity index (χ1n) is 10.3. The van der Waals surface area contributed by atoms with Crippen molar-refractivity contribution in [3.05, 3.63) is 100 Å². The fourth-order valence-electron chi connectivity index (χ4n) is 3.45. The molecular weight excluding hydrogens is 500 g/mol. The van der Waals surface area contributed by atoms with E-state index in [2.05, 4.69) is 21.0 Å². The van der Waals surface area contributed by atoms with Gasteiger partial charge < -0.3 is 14.2 Å². The van der Waals surface area contributed by atoms with Crippen LogP contribution in [0.2, 0.25) is 0 Å². The van der Waals surface area contributed by atoms with Gasteiger partial charge in [-0.25, -0.2) is 14.3 Å². The molecule has 1 heterocycles. The molecule has 7 nitrogen and oxygen atoms in total. The normalized spacial score (nSPS) is 10.6. The van der Waals surface area contributed by atoms with Gasteiger partial charge in [-0.3, -0.25) is 0 Å². The molecule has 8 heteroatoms. The molecular formula is C26H21BrN2O5. The highest BCUT2D eigenvalue weighted by atomic mass is 79.9. The topological polar surface area (TPSA) is 79.7 Å². The van der Waals surface area contributed by atoms with Gasteiger partial charge in [-0.05, 0) is 45.8 Å². The third-order valence-electron chi connectivity index (χ3n) is 5.10. The minimum Gasteiger partial charge on any atom is -0.488 e. The van der Waals surface area contributed by atoms with Crippen LogP contribution in [0.4, 0.5) is 0 Å². The molecule has 0 aliphatic rings. The van der Waals surface area contributed by atoms with Gasteiger partial charge in [0.2, 0.25) is 0 Å².